The monoisotopic (exact) mass is 347 g/mol. The van der Waals surface area contributed by atoms with Gasteiger partial charge in [0.2, 0.25) is 0 Å². The van der Waals surface area contributed by atoms with Crippen LogP contribution in [0.5, 0.6) is 11.5 Å². The molecule has 1 atom stereocenters. The summed E-state index contributed by atoms with van der Waals surface area (Å²) in [5.74, 6) is 1.02. The Labute approximate surface area is 147 Å². The third kappa shape index (κ3) is 4.42. The fourth-order valence-electron chi connectivity index (χ4n) is 2.32. The molecule has 1 unspecified atom stereocenters. The van der Waals surface area contributed by atoms with Crippen molar-refractivity contribution in [1.82, 2.24) is 0 Å². The molecule has 2 rings (SSSR count). The molecule has 0 radical (unpaired) electrons. The number of hydrogen-bond donors (Lipinski definition) is 1. The number of ether oxygens (including phenoxy) is 2. The molecule has 4 nitrogen and oxygen atoms in total. The third-order valence-corrected chi connectivity index (χ3v) is 4.13. The lowest BCUT2D eigenvalue weighted by Gasteiger charge is -2.17. The first-order valence-corrected chi connectivity index (χ1v) is 8.26. The van der Waals surface area contributed by atoms with Crippen LogP contribution in [0.1, 0.15) is 25.0 Å². The van der Waals surface area contributed by atoms with Crippen molar-refractivity contribution in [2.24, 2.45) is 0 Å². The number of rotatable bonds is 6. The van der Waals surface area contributed by atoms with Crippen molar-refractivity contribution in [3.63, 3.8) is 0 Å². The van der Waals surface area contributed by atoms with Crippen molar-refractivity contribution < 1.29 is 14.3 Å². The van der Waals surface area contributed by atoms with Crippen molar-refractivity contribution in [3.05, 3.63) is 52.5 Å². The fraction of sp³-hybridized carbons (Fsp3) is 0.316. The minimum absolute atomic E-state index is 0.243. The van der Waals surface area contributed by atoms with E-state index in [4.69, 9.17) is 21.1 Å². The van der Waals surface area contributed by atoms with E-state index in [0.29, 0.717) is 28.8 Å². The van der Waals surface area contributed by atoms with E-state index in [-0.39, 0.29) is 5.91 Å². The molecule has 0 fully saturated rings. The Hall–Kier alpha value is -2.20. The number of carbonyl (C=O) groups is 1. The zero-order valence-electron chi connectivity index (χ0n) is 14.4. The normalized spacial score (nSPS) is 11.7. The molecule has 0 bridgehead atoms. The van der Waals surface area contributed by atoms with Crippen LogP contribution < -0.4 is 14.8 Å². The molecule has 128 valence electrons. The lowest BCUT2D eigenvalue weighted by atomic mass is 10.1. The summed E-state index contributed by atoms with van der Waals surface area (Å²) in [6.07, 6.45) is -0.653. The minimum atomic E-state index is -0.653. The summed E-state index contributed by atoms with van der Waals surface area (Å²) in [4.78, 5) is 12.4. The maximum absolute atomic E-state index is 12.4. The van der Waals surface area contributed by atoms with Crippen LogP contribution in [0.3, 0.4) is 0 Å². The van der Waals surface area contributed by atoms with Gasteiger partial charge in [0, 0.05) is 5.02 Å². The summed E-state index contributed by atoms with van der Waals surface area (Å²) in [6.45, 7) is 7.95. The van der Waals surface area contributed by atoms with Gasteiger partial charge in [-0.15, -0.1) is 0 Å². The summed E-state index contributed by atoms with van der Waals surface area (Å²) >= 11 is 6.15. The van der Waals surface area contributed by atoms with Crippen molar-refractivity contribution in [2.75, 3.05) is 11.9 Å². The molecule has 0 spiro atoms. The molecule has 2 aromatic carbocycles. The van der Waals surface area contributed by atoms with Crippen molar-refractivity contribution in [3.8, 4) is 11.5 Å². The Morgan fingerprint density at radius 3 is 2.46 bits per heavy atom. The maximum atomic E-state index is 12.4. The Morgan fingerprint density at radius 2 is 1.83 bits per heavy atom. The zero-order chi connectivity index (χ0) is 17.7. The highest BCUT2D eigenvalue weighted by Gasteiger charge is 2.17. The maximum Gasteiger partial charge on any atom is 0.265 e. The van der Waals surface area contributed by atoms with Crippen molar-refractivity contribution in [1.29, 1.82) is 0 Å². The average molecular weight is 348 g/mol. The SMILES string of the molecule is CCOc1ccccc1NC(=O)C(C)Oc1cc(C)c(Cl)c(C)c1. The second-order valence-corrected chi connectivity index (χ2v) is 5.93. The van der Waals surface area contributed by atoms with Crippen LogP contribution in [0.4, 0.5) is 5.69 Å². The van der Waals surface area contributed by atoms with Crippen LogP contribution in [0, 0.1) is 13.8 Å². The summed E-state index contributed by atoms with van der Waals surface area (Å²) in [5, 5.41) is 3.55. The fourth-order valence-corrected chi connectivity index (χ4v) is 2.43. The third-order valence-electron chi connectivity index (χ3n) is 3.54. The molecule has 0 heterocycles. The van der Waals surface area contributed by atoms with E-state index in [2.05, 4.69) is 5.32 Å². The second kappa shape index (κ2) is 8.06. The largest absolute Gasteiger partial charge is 0.492 e. The van der Waals surface area contributed by atoms with Gasteiger partial charge in [-0.25, -0.2) is 0 Å². The number of halogens is 1. The van der Waals surface area contributed by atoms with Gasteiger partial charge in [0.05, 0.1) is 12.3 Å². The zero-order valence-corrected chi connectivity index (χ0v) is 15.1. The van der Waals surface area contributed by atoms with E-state index in [9.17, 15) is 4.79 Å². The number of nitrogens with one attached hydrogen (secondary N) is 1. The first kappa shape index (κ1) is 18.1. The number of hydrogen-bond acceptors (Lipinski definition) is 3. The summed E-state index contributed by atoms with van der Waals surface area (Å²) in [7, 11) is 0. The molecule has 0 saturated heterocycles. The van der Waals surface area contributed by atoms with Crippen LogP contribution in [-0.4, -0.2) is 18.6 Å². The highest BCUT2D eigenvalue weighted by molar-refractivity contribution is 6.32. The summed E-state index contributed by atoms with van der Waals surface area (Å²) in [5.41, 5.74) is 2.46. The van der Waals surface area contributed by atoms with Crippen LogP contribution in [0.15, 0.2) is 36.4 Å². The van der Waals surface area contributed by atoms with E-state index in [1.165, 1.54) is 0 Å². The number of aryl methyl sites for hydroxylation is 2. The molecule has 5 heteroatoms. The predicted molar refractivity (Wildman–Crippen MR) is 97.3 cm³/mol. The van der Waals surface area contributed by atoms with Crippen LogP contribution in [-0.2, 0) is 4.79 Å². The number of amides is 1. The first-order chi connectivity index (χ1) is 11.4. The topological polar surface area (TPSA) is 47.6 Å². The molecule has 2 aromatic rings. The molecule has 24 heavy (non-hydrogen) atoms. The Morgan fingerprint density at radius 1 is 1.21 bits per heavy atom. The Kier molecular flexibility index (Phi) is 6.10. The minimum Gasteiger partial charge on any atom is -0.492 e. The first-order valence-electron chi connectivity index (χ1n) is 7.88. The van der Waals surface area contributed by atoms with Gasteiger partial charge < -0.3 is 14.8 Å². The van der Waals surface area contributed by atoms with E-state index < -0.39 is 6.10 Å². The Bertz CT molecular complexity index is 707. The second-order valence-electron chi connectivity index (χ2n) is 5.55. The van der Waals surface area contributed by atoms with Gasteiger partial charge in [-0.3, -0.25) is 4.79 Å². The van der Waals surface area contributed by atoms with Gasteiger partial charge >= 0.3 is 0 Å². The molecule has 1 N–H and O–H groups in total. The van der Waals surface area contributed by atoms with Crippen molar-refractivity contribution in [2.45, 2.75) is 33.8 Å². The smallest absolute Gasteiger partial charge is 0.265 e. The molecular formula is C19H22ClNO3. The van der Waals surface area contributed by atoms with Crippen LogP contribution in [0.2, 0.25) is 5.02 Å². The van der Waals surface area contributed by atoms with Gasteiger partial charge in [0.1, 0.15) is 11.5 Å². The van der Waals surface area contributed by atoms with E-state index >= 15 is 0 Å². The highest BCUT2D eigenvalue weighted by atomic mass is 35.5. The van der Waals surface area contributed by atoms with Crippen LogP contribution >= 0.6 is 11.6 Å². The number of carbonyl (C=O) groups excluding carboxylic acids is 1. The van der Waals surface area contributed by atoms with Crippen LogP contribution in [0.25, 0.3) is 0 Å². The molecule has 1 amide bonds. The van der Waals surface area contributed by atoms with Gasteiger partial charge in [0.25, 0.3) is 5.91 Å². The van der Waals surface area contributed by atoms with Gasteiger partial charge in [-0.1, -0.05) is 23.7 Å². The van der Waals surface area contributed by atoms with E-state index in [1.807, 2.05) is 51.1 Å². The molecule has 0 aliphatic heterocycles. The number of anilines is 1. The average Bonchev–Trinajstić information content (AvgIpc) is 2.54. The molecule has 0 saturated carbocycles. The number of benzene rings is 2. The molecule has 0 aromatic heterocycles. The quantitative estimate of drug-likeness (QED) is 0.819. The summed E-state index contributed by atoms with van der Waals surface area (Å²) in [6, 6.07) is 11.0. The van der Waals surface area contributed by atoms with Crippen molar-refractivity contribution >= 4 is 23.2 Å². The lowest BCUT2D eigenvalue weighted by molar-refractivity contribution is -0.122. The summed E-state index contributed by atoms with van der Waals surface area (Å²) < 4.78 is 11.3. The van der Waals surface area contributed by atoms with Gasteiger partial charge in [-0.2, -0.15) is 0 Å². The van der Waals surface area contributed by atoms with Gasteiger partial charge in [-0.05, 0) is 63.1 Å². The lowest BCUT2D eigenvalue weighted by Crippen LogP contribution is -2.30. The van der Waals surface area contributed by atoms with E-state index in [1.54, 1.807) is 13.0 Å². The molecule has 0 aliphatic rings. The van der Waals surface area contributed by atoms with E-state index in [0.717, 1.165) is 11.1 Å². The van der Waals surface area contributed by atoms with Gasteiger partial charge in [0.15, 0.2) is 6.10 Å². The molecular weight excluding hydrogens is 326 g/mol. The predicted octanol–water partition coefficient (Wildman–Crippen LogP) is 4.76. The highest BCUT2D eigenvalue weighted by Crippen LogP contribution is 2.27. The molecule has 0 aliphatic carbocycles. The number of para-hydroxylation sites is 2. The standard InChI is InChI=1S/C19H22ClNO3/c1-5-23-17-9-7-6-8-16(17)21-19(22)14(4)24-15-10-12(2)18(20)13(3)11-15/h6-11,14H,5H2,1-4H3,(H,21,22). The Balaban J connectivity index is 2.08.